The number of aromatic nitrogens is 2. The Morgan fingerprint density at radius 3 is 2.54 bits per heavy atom. The van der Waals surface area contributed by atoms with Crippen LogP contribution >= 0.6 is 0 Å². The fourth-order valence-electron chi connectivity index (χ4n) is 3.59. The Labute approximate surface area is 153 Å². The highest BCUT2D eigenvalue weighted by molar-refractivity contribution is 5.32. The molecule has 0 aliphatic carbocycles. The molecule has 5 nitrogen and oxygen atoms in total. The van der Waals surface area contributed by atoms with Gasteiger partial charge in [0.05, 0.1) is 0 Å². The molecule has 0 radical (unpaired) electrons. The molecule has 0 spiro atoms. The highest BCUT2D eigenvalue weighted by atomic mass is 16.5. The fourth-order valence-corrected chi connectivity index (χ4v) is 3.59. The summed E-state index contributed by atoms with van der Waals surface area (Å²) >= 11 is 0. The van der Waals surface area contributed by atoms with Gasteiger partial charge in [-0.15, -0.1) is 0 Å². The molecule has 2 unspecified atom stereocenters. The SMILES string of the molecule is OC(c1ccccc1)c1noc(N2CCCCC2Cc2ccccc2)n1. The van der Waals surface area contributed by atoms with E-state index >= 15 is 0 Å². The van der Waals surface area contributed by atoms with E-state index in [0.717, 1.165) is 31.4 Å². The van der Waals surface area contributed by atoms with Gasteiger partial charge in [-0.1, -0.05) is 65.8 Å². The monoisotopic (exact) mass is 349 g/mol. The molecule has 2 atom stereocenters. The molecule has 1 N–H and O–H groups in total. The molecule has 26 heavy (non-hydrogen) atoms. The molecule has 134 valence electrons. The van der Waals surface area contributed by atoms with Crippen molar-refractivity contribution in [2.24, 2.45) is 0 Å². The van der Waals surface area contributed by atoms with Crippen molar-refractivity contribution in [1.82, 2.24) is 10.1 Å². The number of rotatable bonds is 5. The lowest BCUT2D eigenvalue weighted by molar-refractivity contribution is 0.204. The summed E-state index contributed by atoms with van der Waals surface area (Å²) in [4.78, 5) is 6.70. The van der Waals surface area contributed by atoms with Crippen LogP contribution in [0, 0.1) is 0 Å². The van der Waals surface area contributed by atoms with Crippen molar-refractivity contribution in [3.05, 3.63) is 77.6 Å². The molecule has 0 amide bonds. The molecule has 3 aromatic rings. The van der Waals surface area contributed by atoms with Crippen LogP contribution in [0.15, 0.2) is 65.2 Å². The molecule has 4 rings (SSSR count). The first-order valence-electron chi connectivity index (χ1n) is 9.18. The van der Waals surface area contributed by atoms with E-state index in [2.05, 4.69) is 39.3 Å². The zero-order valence-corrected chi connectivity index (χ0v) is 14.7. The van der Waals surface area contributed by atoms with Gasteiger partial charge in [0.25, 0.3) is 0 Å². The Kier molecular flexibility index (Phi) is 4.97. The van der Waals surface area contributed by atoms with Gasteiger partial charge in [-0.2, -0.15) is 4.98 Å². The van der Waals surface area contributed by atoms with Crippen molar-refractivity contribution in [3.8, 4) is 0 Å². The highest BCUT2D eigenvalue weighted by Gasteiger charge is 2.28. The first-order valence-corrected chi connectivity index (χ1v) is 9.18. The second kappa shape index (κ2) is 7.70. The van der Waals surface area contributed by atoms with Gasteiger partial charge in [-0.3, -0.25) is 0 Å². The van der Waals surface area contributed by atoms with Gasteiger partial charge >= 0.3 is 6.01 Å². The van der Waals surface area contributed by atoms with Crippen molar-refractivity contribution in [1.29, 1.82) is 0 Å². The van der Waals surface area contributed by atoms with Crippen molar-refractivity contribution >= 4 is 6.01 Å². The molecule has 1 saturated heterocycles. The zero-order chi connectivity index (χ0) is 17.8. The first kappa shape index (κ1) is 16.8. The summed E-state index contributed by atoms with van der Waals surface area (Å²) in [5.41, 5.74) is 2.08. The van der Waals surface area contributed by atoms with E-state index in [9.17, 15) is 5.11 Å². The summed E-state index contributed by atoms with van der Waals surface area (Å²) in [6, 6.07) is 20.8. The highest BCUT2D eigenvalue weighted by Crippen LogP contribution is 2.28. The molecule has 0 bridgehead atoms. The largest absolute Gasteiger partial charge is 0.380 e. The van der Waals surface area contributed by atoms with E-state index in [-0.39, 0.29) is 0 Å². The number of hydrogen-bond donors (Lipinski definition) is 1. The molecular formula is C21H23N3O2. The van der Waals surface area contributed by atoms with Crippen LogP contribution in [0.1, 0.15) is 42.3 Å². The quantitative estimate of drug-likeness (QED) is 0.760. The van der Waals surface area contributed by atoms with Gasteiger partial charge in [0.15, 0.2) is 0 Å². The number of nitrogens with zero attached hydrogens (tertiary/aromatic N) is 3. The normalized spacial score (nSPS) is 18.7. The van der Waals surface area contributed by atoms with Crippen molar-refractivity contribution in [2.75, 3.05) is 11.4 Å². The van der Waals surface area contributed by atoms with Crippen molar-refractivity contribution in [2.45, 2.75) is 37.8 Å². The van der Waals surface area contributed by atoms with Gasteiger partial charge < -0.3 is 14.5 Å². The van der Waals surface area contributed by atoms with Crippen LogP contribution in [0.3, 0.4) is 0 Å². The van der Waals surface area contributed by atoms with Crippen LogP contribution < -0.4 is 4.90 Å². The zero-order valence-electron chi connectivity index (χ0n) is 14.7. The summed E-state index contributed by atoms with van der Waals surface area (Å²) < 4.78 is 5.52. The van der Waals surface area contributed by atoms with Crippen LogP contribution in [0.4, 0.5) is 6.01 Å². The topological polar surface area (TPSA) is 62.4 Å². The number of anilines is 1. The predicted molar refractivity (Wildman–Crippen MR) is 99.9 cm³/mol. The lowest BCUT2D eigenvalue weighted by atomic mass is 9.96. The number of aliphatic hydroxyl groups excluding tert-OH is 1. The van der Waals surface area contributed by atoms with Gasteiger partial charge in [0.2, 0.25) is 5.82 Å². The average molecular weight is 349 g/mol. The maximum absolute atomic E-state index is 10.5. The van der Waals surface area contributed by atoms with E-state index in [4.69, 9.17) is 4.52 Å². The molecule has 1 aliphatic heterocycles. The summed E-state index contributed by atoms with van der Waals surface area (Å²) in [6.07, 6.45) is 3.52. The third-order valence-electron chi connectivity index (χ3n) is 4.98. The van der Waals surface area contributed by atoms with E-state index < -0.39 is 6.10 Å². The van der Waals surface area contributed by atoms with Crippen molar-refractivity contribution < 1.29 is 9.63 Å². The van der Waals surface area contributed by atoms with E-state index in [1.165, 1.54) is 12.0 Å². The van der Waals surface area contributed by atoms with Crippen LogP contribution in [0.5, 0.6) is 0 Å². The number of hydrogen-bond acceptors (Lipinski definition) is 5. The molecule has 1 fully saturated rings. The number of aliphatic hydroxyl groups is 1. The Morgan fingerprint density at radius 2 is 1.77 bits per heavy atom. The third-order valence-corrected chi connectivity index (χ3v) is 4.98. The van der Waals surface area contributed by atoms with Gasteiger partial charge in [-0.05, 0) is 36.8 Å². The average Bonchev–Trinajstić information content (AvgIpc) is 3.19. The smallest absolute Gasteiger partial charge is 0.324 e. The van der Waals surface area contributed by atoms with E-state index in [0.29, 0.717) is 17.9 Å². The minimum atomic E-state index is -0.869. The van der Waals surface area contributed by atoms with Crippen LogP contribution in [-0.4, -0.2) is 27.8 Å². The summed E-state index contributed by atoms with van der Waals surface area (Å²) in [7, 11) is 0. The Morgan fingerprint density at radius 1 is 1.04 bits per heavy atom. The summed E-state index contributed by atoms with van der Waals surface area (Å²) in [5, 5.41) is 14.5. The van der Waals surface area contributed by atoms with Crippen LogP contribution in [0.25, 0.3) is 0 Å². The van der Waals surface area contributed by atoms with Crippen molar-refractivity contribution in [3.63, 3.8) is 0 Å². The van der Waals surface area contributed by atoms with Crippen LogP contribution in [-0.2, 0) is 6.42 Å². The molecule has 2 aromatic carbocycles. The fraction of sp³-hybridized carbons (Fsp3) is 0.333. The van der Waals surface area contributed by atoms with E-state index in [1.54, 1.807) is 0 Å². The Bertz CT molecular complexity index is 820. The molecule has 0 saturated carbocycles. The summed E-state index contributed by atoms with van der Waals surface area (Å²) in [6.45, 7) is 0.903. The predicted octanol–water partition coefficient (Wildman–Crippen LogP) is 3.75. The minimum Gasteiger partial charge on any atom is -0.380 e. The Balaban J connectivity index is 1.53. The first-order chi connectivity index (χ1) is 12.8. The molecule has 2 heterocycles. The number of benzene rings is 2. The standard InChI is InChI=1S/C21H23N3O2/c25-19(17-11-5-2-6-12-17)20-22-21(26-23-20)24-14-8-7-13-18(24)15-16-9-3-1-4-10-16/h1-6,9-12,18-19,25H,7-8,13-15H2. The van der Waals surface area contributed by atoms with Crippen LogP contribution in [0.2, 0.25) is 0 Å². The number of piperidine rings is 1. The molecular weight excluding hydrogens is 326 g/mol. The minimum absolute atomic E-state index is 0.315. The molecule has 5 heteroatoms. The molecule has 1 aliphatic rings. The molecule has 1 aromatic heterocycles. The lowest BCUT2D eigenvalue weighted by Gasteiger charge is -2.34. The van der Waals surface area contributed by atoms with Gasteiger partial charge in [0, 0.05) is 12.6 Å². The maximum Gasteiger partial charge on any atom is 0.324 e. The second-order valence-corrected chi connectivity index (χ2v) is 6.78. The summed E-state index contributed by atoms with van der Waals surface area (Å²) in [5.74, 6) is 0.315. The third kappa shape index (κ3) is 3.63. The van der Waals surface area contributed by atoms with Gasteiger partial charge in [-0.25, -0.2) is 0 Å². The van der Waals surface area contributed by atoms with E-state index in [1.807, 2.05) is 36.4 Å². The van der Waals surface area contributed by atoms with Gasteiger partial charge in [0.1, 0.15) is 6.10 Å². The Hall–Kier alpha value is -2.66. The lowest BCUT2D eigenvalue weighted by Crippen LogP contribution is -2.41. The second-order valence-electron chi connectivity index (χ2n) is 6.78. The maximum atomic E-state index is 10.5.